The van der Waals surface area contributed by atoms with Crippen molar-refractivity contribution in [2.24, 2.45) is 0 Å². The SMILES string of the molecule is CC(C)(C)[N-]CCC[N-]C(C)(C)C.[Cl][Ti][Cl]. The van der Waals surface area contributed by atoms with Gasteiger partial charge in [-0.1, -0.05) is 48.0 Å². The van der Waals surface area contributed by atoms with Crippen LogP contribution >= 0.6 is 18.6 Å². The van der Waals surface area contributed by atoms with Crippen LogP contribution in [0.25, 0.3) is 10.6 Å². The van der Waals surface area contributed by atoms with Gasteiger partial charge in [0.2, 0.25) is 0 Å². The summed E-state index contributed by atoms with van der Waals surface area (Å²) < 4.78 is 0. The van der Waals surface area contributed by atoms with Crippen molar-refractivity contribution in [3.63, 3.8) is 0 Å². The predicted octanol–water partition coefficient (Wildman–Crippen LogP) is 5.10. The zero-order valence-electron chi connectivity index (χ0n) is 11.3. The number of hydrogen-bond acceptors (Lipinski definition) is 0. The van der Waals surface area contributed by atoms with Crippen molar-refractivity contribution in [3.05, 3.63) is 10.6 Å². The Balaban J connectivity index is 0. The van der Waals surface area contributed by atoms with Gasteiger partial charge in [-0.2, -0.15) is 13.1 Å². The Morgan fingerprint density at radius 2 is 1.06 bits per heavy atom. The van der Waals surface area contributed by atoms with Crippen molar-refractivity contribution < 1.29 is 17.0 Å². The summed E-state index contributed by atoms with van der Waals surface area (Å²) in [5, 5.41) is 9.03. The summed E-state index contributed by atoms with van der Waals surface area (Å²) in [4.78, 5) is 0. The molecule has 0 rings (SSSR count). The first-order chi connectivity index (χ1) is 7.12. The van der Waals surface area contributed by atoms with Crippen LogP contribution in [-0.2, 0) is 17.0 Å². The first kappa shape index (κ1) is 19.6. The van der Waals surface area contributed by atoms with Gasteiger partial charge in [0.1, 0.15) is 0 Å². The van der Waals surface area contributed by atoms with Crippen LogP contribution in [0.3, 0.4) is 0 Å². The van der Waals surface area contributed by atoms with Crippen LogP contribution in [-0.4, -0.2) is 24.2 Å². The van der Waals surface area contributed by atoms with Gasteiger partial charge in [0.25, 0.3) is 0 Å². The third kappa shape index (κ3) is 24.4. The summed E-state index contributed by atoms with van der Waals surface area (Å²) in [7, 11) is 9.78. The topological polar surface area (TPSA) is 28.2 Å². The zero-order chi connectivity index (χ0) is 13.2. The molecule has 0 saturated carbocycles. The molecule has 0 heterocycles. The van der Waals surface area contributed by atoms with E-state index in [1.807, 2.05) is 0 Å². The van der Waals surface area contributed by atoms with Gasteiger partial charge in [0.15, 0.2) is 0 Å². The molecule has 16 heavy (non-hydrogen) atoms. The number of nitrogens with zero attached hydrogens (tertiary/aromatic N) is 2. The fraction of sp³-hybridized carbons (Fsp3) is 1.00. The summed E-state index contributed by atoms with van der Waals surface area (Å²) in [5.74, 6) is 0. The Kier molecular flexibility index (Phi) is 12.4. The molecule has 0 radical (unpaired) electrons. The summed E-state index contributed by atoms with van der Waals surface area (Å²) in [6, 6.07) is 0. The summed E-state index contributed by atoms with van der Waals surface area (Å²) in [6.07, 6.45) is 1.08. The van der Waals surface area contributed by atoms with Gasteiger partial charge in [-0.3, -0.25) is 0 Å². The van der Waals surface area contributed by atoms with Gasteiger partial charge < -0.3 is 10.6 Å². The molecule has 0 aromatic heterocycles. The standard InChI is InChI=1S/C11H24N2.2ClH.Ti/c1-10(2,3)12-8-7-9-13-11(4,5)6;;;/h7-9H2,1-6H3;2*1H;/q-2;;;+2/p-2. The van der Waals surface area contributed by atoms with Crippen LogP contribution < -0.4 is 0 Å². The maximum atomic E-state index is 4.89. The van der Waals surface area contributed by atoms with Crippen molar-refractivity contribution in [1.82, 2.24) is 0 Å². The molecule has 0 unspecified atom stereocenters. The molecule has 0 spiro atoms. The van der Waals surface area contributed by atoms with E-state index in [0.29, 0.717) is 0 Å². The van der Waals surface area contributed by atoms with Gasteiger partial charge in [-0.25, -0.2) is 0 Å². The second-order valence-corrected chi connectivity index (χ2v) is 8.11. The van der Waals surface area contributed by atoms with Crippen molar-refractivity contribution in [2.45, 2.75) is 59.0 Å². The molecule has 5 heteroatoms. The number of halogens is 2. The Morgan fingerprint density at radius 3 is 1.25 bits per heavy atom. The van der Waals surface area contributed by atoms with E-state index in [0.717, 1.165) is 19.5 Å². The molecule has 0 aromatic rings. The van der Waals surface area contributed by atoms with Gasteiger partial charge in [-0.05, 0) is 0 Å². The van der Waals surface area contributed by atoms with Crippen LogP contribution in [0.2, 0.25) is 0 Å². The van der Waals surface area contributed by atoms with E-state index < -0.39 is 17.0 Å². The predicted molar refractivity (Wildman–Crippen MR) is 72.3 cm³/mol. The van der Waals surface area contributed by atoms with E-state index in [2.05, 4.69) is 52.2 Å². The van der Waals surface area contributed by atoms with Gasteiger partial charge in [-0.15, -0.1) is 11.1 Å². The maximum absolute atomic E-state index is 4.89. The van der Waals surface area contributed by atoms with Gasteiger partial charge in [0, 0.05) is 0 Å². The third-order valence-corrected chi connectivity index (χ3v) is 1.49. The molecule has 0 fully saturated rings. The molecule has 0 amide bonds. The zero-order valence-corrected chi connectivity index (χ0v) is 14.3. The van der Waals surface area contributed by atoms with Crippen molar-refractivity contribution in [1.29, 1.82) is 0 Å². The Bertz CT molecular complexity index is 137. The van der Waals surface area contributed by atoms with Crippen LogP contribution in [0.15, 0.2) is 0 Å². The number of rotatable bonds is 4. The van der Waals surface area contributed by atoms with E-state index in [4.69, 9.17) is 18.6 Å². The first-order valence-corrected chi connectivity index (χ1v) is 9.75. The average Bonchev–Trinajstić information content (AvgIpc) is 2.00. The summed E-state index contributed by atoms with van der Waals surface area (Å²) in [6.45, 7) is 14.7. The molecule has 2 nitrogen and oxygen atoms in total. The molecule has 0 aliphatic heterocycles. The summed E-state index contributed by atoms with van der Waals surface area (Å²) >= 11 is -0.556. The molecule has 0 aliphatic rings. The van der Waals surface area contributed by atoms with Crippen molar-refractivity contribution in [3.8, 4) is 0 Å². The fourth-order valence-electron chi connectivity index (χ4n) is 0.900. The first-order valence-electron chi connectivity index (χ1n) is 5.46. The van der Waals surface area contributed by atoms with Gasteiger partial charge >= 0.3 is 35.6 Å². The molecular formula is C11H24Cl2N2Ti-2. The molecule has 0 atom stereocenters. The molecule has 0 saturated heterocycles. The monoisotopic (exact) mass is 302 g/mol. The minimum absolute atomic E-state index is 0.113. The van der Waals surface area contributed by atoms with Crippen molar-refractivity contribution >= 4 is 18.6 Å². The van der Waals surface area contributed by atoms with E-state index in [9.17, 15) is 0 Å². The summed E-state index contributed by atoms with van der Waals surface area (Å²) in [5.41, 5.74) is 0.226. The molecule has 98 valence electrons. The van der Waals surface area contributed by atoms with Crippen molar-refractivity contribution in [2.75, 3.05) is 13.1 Å². The second kappa shape index (κ2) is 10.2. The fourth-order valence-corrected chi connectivity index (χ4v) is 0.900. The average molecular weight is 303 g/mol. The third-order valence-electron chi connectivity index (χ3n) is 1.49. The molecule has 0 bridgehead atoms. The van der Waals surface area contributed by atoms with E-state index >= 15 is 0 Å². The van der Waals surface area contributed by atoms with Crippen LogP contribution in [0.4, 0.5) is 0 Å². The Morgan fingerprint density at radius 1 is 0.812 bits per heavy atom. The van der Waals surface area contributed by atoms with Crippen LogP contribution in [0.5, 0.6) is 0 Å². The molecule has 0 aliphatic carbocycles. The van der Waals surface area contributed by atoms with Crippen LogP contribution in [0.1, 0.15) is 48.0 Å². The minimum atomic E-state index is -0.556. The normalized spacial score (nSPS) is 11.8. The van der Waals surface area contributed by atoms with E-state index in [-0.39, 0.29) is 11.1 Å². The molecule has 0 aromatic carbocycles. The Hall–Kier alpha value is 1.21. The van der Waals surface area contributed by atoms with Gasteiger partial charge in [0.05, 0.1) is 0 Å². The van der Waals surface area contributed by atoms with Crippen LogP contribution in [0, 0.1) is 0 Å². The molecule has 0 N–H and O–H groups in total. The number of hydrogen-bond donors (Lipinski definition) is 0. The Labute approximate surface area is 118 Å². The van der Waals surface area contributed by atoms with E-state index in [1.54, 1.807) is 0 Å². The second-order valence-electron chi connectivity index (χ2n) is 5.53. The quantitative estimate of drug-likeness (QED) is 0.511. The molecular weight excluding hydrogens is 279 g/mol. The van der Waals surface area contributed by atoms with E-state index in [1.165, 1.54) is 0 Å².